The topological polar surface area (TPSA) is 123 Å². The number of halogens is 2. The number of ether oxygens (including phenoxy) is 4. The minimum absolute atomic E-state index is 0.0525. The van der Waals surface area contributed by atoms with Crippen LogP contribution in [0.2, 0.25) is 10.0 Å². The van der Waals surface area contributed by atoms with E-state index in [1.54, 1.807) is 17.1 Å². The van der Waals surface area contributed by atoms with Crippen molar-refractivity contribution < 1.29 is 28.5 Å². The fourth-order valence-corrected chi connectivity index (χ4v) is 3.69. The third-order valence-electron chi connectivity index (χ3n) is 5.49. The number of nitrogens with one attached hydrogen (secondary N) is 3. The SMILES string of the molecule is [B]NCCOCCOCCOCCOCCC(=O)NCCCC(=O)NC1=NN(c2ccc(Cl)c(Cl)c2)CC1C. The van der Waals surface area contributed by atoms with Crippen LogP contribution in [0.5, 0.6) is 0 Å². The van der Waals surface area contributed by atoms with Crippen molar-refractivity contribution in [3.63, 3.8) is 0 Å². The summed E-state index contributed by atoms with van der Waals surface area (Å²) in [6.07, 6.45) is 1.03. The second kappa shape index (κ2) is 20.0. The number of carbonyl (C=O) groups excluding carboxylic acids is 2. The van der Waals surface area contributed by atoms with Gasteiger partial charge in [0.15, 0.2) is 7.98 Å². The van der Waals surface area contributed by atoms with Crippen LogP contribution in [0, 0.1) is 5.92 Å². The lowest BCUT2D eigenvalue weighted by atomic mass is 10.1. The molecule has 1 unspecified atom stereocenters. The number of amidine groups is 1. The van der Waals surface area contributed by atoms with E-state index in [2.05, 4.69) is 21.0 Å². The molecule has 1 aliphatic rings. The molecule has 0 bridgehead atoms. The van der Waals surface area contributed by atoms with E-state index in [4.69, 9.17) is 50.1 Å². The van der Waals surface area contributed by atoms with Crippen LogP contribution in [0.3, 0.4) is 0 Å². The summed E-state index contributed by atoms with van der Waals surface area (Å²) in [5.41, 5.74) is 0.805. The minimum atomic E-state index is -0.145. The number of hydrazone groups is 1. The number of rotatable bonds is 20. The van der Waals surface area contributed by atoms with Gasteiger partial charge in [-0.3, -0.25) is 14.6 Å². The van der Waals surface area contributed by atoms with E-state index in [0.29, 0.717) is 94.8 Å². The molecule has 0 aromatic heterocycles. The smallest absolute Gasteiger partial charge is 0.225 e. The molecule has 1 aliphatic heterocycles. The highest BCUT2D eigenvalue weighted by Crippen LogP contribution is 2.29. The van der Waals surface area contributed by atoms with E-state index in [1.165, 1.54) is 0 Å². The molecule has 0 spiro atoms. The van der Waals surface area contributed by atoms with Gasteiger partial charge in [0.2, 0.25) is 11.8 Å². The van der Waals surface area contributed by atoms with Gasteiger partial charge in [0.05, 0.1) is 75.1 Å². The Balaban J connectivity index is 1.44. The van der Waals surface area contributed by atoms with Crippen molar-refractivity contribution in [2.75, 3.05) is 77.5 Å². The maximum atomic E-state index is 12.3. The average Bonchev–Trinajstić information content (AvgIpc) is 3.28. The number of anilines is 1. The second-order valence-corrected chi connectivity index (χ2v) is 9.54. The van der Waals surface area contributed by atoms with Crippen LogP contribution in [0.4, 0.5) is 5.69 Å². The third kappa shape index (κ3) is 14.3. The molecule has 0 aliphatic carbocycles. The molecule has 216 valence electrons. The summed E-state index contributed by atoms with van der Waals surface area (Å²) in [6, 6.07) is 5.29. The summed E-state index contributed by atoms with van der Waals surface area (Å²) in [5, 5.41) is 15.4. The summed E-state index contributed by atoms with van der Waals surface area (Å²) >= 11 is 12.1. The van der Waals surface area contributed by atoms with Gasteiger partial charge in [0.1, 0.15) is 5.84 Å². The summed E-state index contributed by atoms with van der Waals surface area (Å²) in [5.74, 6) is 0.385. The molecule has 2 rings (SSSR count). The highest BCUT2D eigenvalue weighted by molar-refractivity contribution is 6.42. The van der Waals surface area contributed by atoms with Crippen LogP contribution in [0.1, 0.15) is 26.2 Å². The van der Waals surface area contributed by atoms with E-state index in [1.807, 2.05) is 13.0 Å². The van der Waals surface area contributed by atoms with Crippen LogP contribution in [-0.4, -0.2) is 98.1 Å². The van der Waals surface area contributed by atoms with Gasteiger partial charge in [0.25, 0.3) is 0 Å². The first-order chi connectivity index (χ1) is 18.9. The molecule has 1 aromatic carbocycles. The third-order valence-corrected chi connectivity index (χ3v) is 6.23. The zero-order valence-corrected chi connectivity index (χ0v) is 23.9. The maximum absolute atomic E-state index is 12.3. The van der Waals surface area contributed by atoms with Crippen molar-refractivity contribution >= 4 is 54.5 Å². The van der Waals surface area contributed by atoms with Gasteiger partial charge in [-0.1, -0.05) is 30.1 Å². The van der Waals surface area contributed by atoms with E-state index in [-0.39, 0.29) is 30.6 Å². The molecular formula is C25H38BCl2N5O6. The molecule has 0 saturated carbocycles. The zero-order valence-electron chi connectivity index (χ0n) is 22.4. The van der Waals surface area contributed by atoms with Crippen molar-refractivity contribution in [1.29, 1.82) is 0 Å². The lowest BCUT2D eigenvalue weighted by molar-refractivity contribution is -0.123. The number of nitrogens with zero attached hydrogens (tertiary/aromatic N) is 2. The molecule has 11 nitrogen and oxygen atoms in total. The van der Waals surface area contributed by atoms with Crippen LogP contribution in [0.25, 0.3) is 0 Å². The molecule has 14 heteroatoms. The normalized spacial score (nSPS) is 14.9. The highest BCUT2D eigenvalue weighted by Gasteiger charge is 2.25. The van der Waals surface area contributed by atoms with Gasteiger partial charge < -0.3 is 34.8 Å². The largest absolute Gasteiger partial charge is 0.379 e. The van der Waals surface area contributed by atoms with Crippen molar-refractivity contribution in [2.24, 2.45) is 11.0 Å². The Kier molecular flexibility index (Phi) is 17.1. The van der Waals surface area contributed by atoms with Crippen molar-refractivity contribution in [3.05, 3.63) is 28.2 Å². The van der Waals surface area contributed by atoms with Gasteiger partial charge in [0, 0.05) is 31.8 Å². The fourth-order valence-electron chi connectivity index (χ4n) is 3.40. The molecular weight excluding hydrogens is 548 g/mol. The van der Waals surface area contributed by atoms with Gasteiger partial charge in [-0.05, 0) is 24.6 Å². The van der Waals surface area contributed by atoms with Gasteiger partial charge in [-0.2, -0.15) is 5.10 Å². The number of hydrogen-bond donors (Lipinski definition) is 3. The average molecular weight is 586 g/mol. The Morgan fingerprint density at radius 2 is 1.56 bits per heavy atom. The minimum Gasteiger partial charge on any atom is -0.379 e. The Morgan fingerprint density at radius 3 is 2.21 bits per heavy atom. The van der Waals surface area contributed by atoms with Crippen LogP contribution >= 0.6 is 23.2 Å². The van der Waals surface area contributed by atoms with Crippen LogP contribution in [0.15, 0.2) is 23.3 Å². The standard InChI is InChI=1S/C25H38BCl2N5O6/c1-19-18-33(20-4-5-21(27)22(28)17-20)32-25(19)31-24(35)3-2-7-29-23(34)6-9-36-11-13-38-15-16-39-14-12-37-10-8-30-26/h4-5,17,19,30H,2-3,6-16,18H2,1H3,(H,29,34)(H,31,32,35). The molecule has 2 radical (unpaired) electrons. The van der Waals surface area contributed by atoms with E-state index in [9.17, 15) is 9.59 Å². The molecule has 0 fully saturated rings. The number of benzene rings is 1. The summed E-state index contributed by atoms with van der Waals surface area (Å²) in [6.45, 7) is 7.22. The Bertz CT molecular complexity index is 914. The van der Waals surface area contributed by atoms with E-state index < -0.39 is 0 Å². The van der Waals surface area contributed by atoms with Crippen LogP contribution < -0.4 is 20.9 Å². The number of hydrogen-bond acceptors (Lipinski definition) is 9. The Labute approximate surface area is 241 Å². The fraction of sp³-hybridized carbons (Fsp3) is 0.640. The molecule has 39 heavy (non-hydrogen) atoms. The first kappa shape index (κ1) is 33.3. The lowest BCUT2D eigenvalue weighted by Crippen LogP contribution is -2.34. The first-order valence-corrected chi connectivity index (χ1v) is 13.8. The molecule has 3 N–H and O–H groups in total. The zero-order chi connectivity index (χ0) is 28.3. The van der Waals surface area contributed by atoms with Crippen molar-refractivity contribution in [3.8, 4) is 0 Å². The summed E-state index contributed by atoms with van der Waals surface area (Å²) < 4.78 is 21.4. The molecule has 0 saturated heterocycles. The molecule has 2 amide bonds. The van der Waals surface area contributed by atoms with Gasteiger partial charge in [-0.25, -0.2) is 0 Å². The number of amides is 2. The van der Waals surface area contributed by atoms with Crippen LogP contribution in [-0.2, 0) is 28.5 Å². The maximum Gasteiger partial charge on any atom is 0.225 e. The van der Waals surface area contributed by atoms with Crippen molar-refractivity contribution in [1.82, 2.24) is 15.9 Å². The monoisotopic (exact) mass is 585 g/mol. The quantitative estimate of drug-likeness (QED) is 0.157. The predicted octanol–water partition coefficient (Wildman–Crippen LogP) is 1.91. The molecule has 1 heterocycles. The highest BCUT2D eigenvalue weighted by atomic mass is 35.5. The van der Waals surface area contributed by atoms with E-state index >= 15 is 0 Å². The number of carbonyl (C=O) groups is 2. The van der Waals surface area contributed by atoms with Gasteiger partial charge >= 0.3 is 0 Å². The molecule has 1 aromatic rings. The lowest BCUT2D eigenvalue weighted by Gasteiger charge is -2.14. The summed E-state index contributed by atoms with van der Waals surface area (Å²) in [7, 11) is 5.13. The Morgan fingerprint density at radius 1 is 0.923 bits per heavy atom. The van der Waals surface area contributed by atoms with Crippen molar-refractivity contribution in [2.45, 2.75) is 26.2 Å². The second-order valence-electron chi connectivity index (χ2n) is 8.72. The predicted molar refractivity (Wildman–Crippen MR) is 152 cm³/mol. The first-order valence-electron chi connectivity index (χ1n) is 13.0. The Hall–Kier alpha value is -1.93. The van der Waals surface area contributed by atoms with E-state index in [0.717, 1.165) is 5.69 Å². The van der Waals surface area contributed by atoms with Gasteiger partial charge in [-0.15, -0.1) is 0 Å². The summed E-state index contributed by atoms with van der Waals surface area (Å²) in [4.78, 5) is 24.3. The molecule has 1 atom stereocenters.